The first kappa shape index (κ1) is 12.9. The van der Waals surface area contributed by atoms with Crippen LogP contribution < -0.4 is 4.90 Å². The van der Waals surface area contributed by atoms with Gasteiger partial charge in [0.2, 0.25) is 0 Å². The number of nitrogens with zero attached hydrogens (tertiary/aromatic N) is 2. The second kappa shape index (κ2) is 5.12. The molecule has 1 aliphatic heterocycles. The largest absolute Gasteiger partial charge is 0.481 e. The first-order valence-electron chi connectivity index (χ1n) is 7.08. The number of aliphatic carboxylic acids is 1. The Morgan fingerprint density at radius 2 is 2.00 bits per heavy atom. The number of carboxylic acid groups (broad SMARTS) is 1. The zero-order valence-corrected chi connectivity index (χ0v) is 11.9. The monoisotopic (exact) mass is 280 g/mol. The summed E-state index contributed by atoms with van der Waals surface area (Å²) in [6.07, 6.45) is 8.21. The average Bonchev–Trinajstić information content (AvgIpc) is 3.00. The Morgan fingerprint density at radius 1 is 1.32 bits per heavy atom. The highest BCUT2D eigenvalue weighted by Gasteiger charge is 2.37. The van der Waals surface area contributed by atoms with Gasteiger partial charge in [0.1, 0.15) is 0 Å². The van der Waals surface area contributed by atoms with Gasteiger partial charge in [-0.2, -0.15) is 0 Å². The lowest BCUT2D eigenvalue weighted by Gasteiger charge is -2.39. The lowest BCUT2D eigenvalue weighted by Crippen LogP contribution is -2.38. The maximum atomic E-state index is 10.7. The van der Waals surface area contributed by atoms with E-state index in [1.165, 1.54) is 38.5 Å². The van der Waals surface area contributed by atoms with Gasteiger partial charge in [-0.1, -0.05) is 12.8 Å². The average molecular weight is 280 g/mol. The maximum absolute atomic E-state index is 10.7. The predicted molar refractivity (Wildman–Crippen MR) is 75.8 cm³/mol. The molecule has 1 spiro atoms. The summed E-state index contributed by atoms with van der Waals surface area (Å²) in [5.41, 5.74) is 1.31. The van der Waals surface area contributed by atoms with Gasteiger partial charge in [0.25, 0.3) is 0 Å². The summed E-state index contributed by atoms with van der Waals surface area (Å²) < 4.78 is 0. The summed E-state index contributed by atoms with van der Waals surface area (Å²) in [6.45, 7) is 2.17. The molecule has 0 bridgehead atoms. The zero-order chi connectivity index (χ0) is 13.3. The molecule has 0 unspecified atom stereocenters. The Balaban J connectivity index is 1.61. The van der Waals surface area contributed by atoms with E-state index in [1.54, 1.807) is 11.3 Å². The third kappa shape index (κ3) is 2.76. The summed E-state index contributed by atoms with van der Waals surface area (Å²) in [5.74, 6) is -0.805. The SMILES string of the molecule is O=C(O)Cc1csc(N2CCC3(CCCC3)CC2)n1. The van der Waals surface area contributed by atoms with Crippen LogP contribution >= 0.6 is 11.3 Å². The molecule has 3 rings (SSSR count). The molecular weight excluding hydrogens is 260 g/mol. The topological polar surface area (TPSA) is 53.4 Å². The summed E-state index contributed by atoms with van der Waals surface area (Å²) in [6, 6.07) is 0. The molecule has 1 aromatic heterocycles. The van der Waals surface area contributed by atoms with Crippen molar-refractivity contribution in [2.24, 2.45) is 5.41 Å². The molecule has 1 N–H and O–H groups in total. The fourth-order valence-electron chi connectivity index (χ4n) is 3.48. The van der Waals surface area contributed by atoms with Crippen molar-refractivity contribution in [1.29, 1.82) is 0 Å². The number of thiazole rings is 1. The molecule has 0 amide bonds. The van der Waals surface area contributed by atoms with Crippen LogP contribution in [0.4, 0.5) is 5.13 Å². The van der Waals surface area contributed by atoms with Crippen molar-refractivity contribution in [3.05, 3.63) is 11.1 Å². The molecule has 1 aromatic rings. The molecule has 19 heavy (non-hydrogen) atoms. The van der Waals surface area contributed by atoms with Crippen molar-refractivity contribution in [3.63, 3.8) is 0 Å². The van der Waals surface area contributed by atoms with Gasteiger partial charge in [-0.3, -0.25) is 4.79 Å². The van der Waals surface area contributed by atoms with E-state index >= 15 is 0 Å². The van der Waals surface area contributed by atoms with Gasteiger partial charge in [0.05, 0.1) is 12.1 Å². The van der Waals surface area contributed by atoms with Crippen molar-refractivity contribution in [2.75, 3.05) is 18.0 Å². The fraction of sp³-hybridized carbons (Fsp3) is 0.714. The number of carboxylic acids is 1. The van der Waals surface area contributed by atoms with Gasteiger partial charge >= 0.3 is 5.97 Å². The number of rotatable bonds is 3. The van der Waals surface area contributed by atoms with Crippen LogP contribution in [0.3, 0.4) is 0 Å². The molecule has 1 saturated heterocycles. The van der Waals surface area contributed by atoms with E-state index in [9.17, 15) is 4.79 Å². The molecule has 2 fully saturated rings. The highest BCUT2D eigenvalue weighted by molar-refractivity contribution is 7.13. The summed E-state index contributed by atoms with van der Waals surface area (Å²) in [7, 11) is 0. The van der Waals surface area contributed by atoms with Crippen LogP contribution in [0.5, 0.6) is 0 Å². The quantitative estimate of drug-likeness (QED) is 0.925. The number of hydrogen-bond donors (Lipinski definition) is 1. The van der Waals surface area contributed by atoms with Crippen LogP contribution in [-0.4, -0.2) is 29.1 Å². The Morgan fingerprint density at radius 3 is 2.63 bits per heavy atom. The van der Waals surface area contributed by atoms with E-state index in [0.717, 1.165) is 18.2 Å². The van der Waals surface area contributed by atoms with Crippen LogP contribution in [0.2, 0.25) is 0 Å². The lowest BCUT2D eigenvalue weighted by molar-refractivity contribution is -0.136. The molecule has 104 valence electrons. The number of piperidine rings is 1. The third-order valence-electron chi connectivity index (χ3n) is 4.63. The van der Waals surface area contributed by atoms with Crippen LogP contribution in [-0.2, 0) is 11.2 Å². The summed E-state index contributed by atoms with van der Waals surface area (Å²) >= 11 is 1.58. The van der Waals surface area contributed by atoms with Crippen LogP contribution in [0.1, 0.15) is 44.2 Å². The van der Waals surface area contributed by atoms with E-state index < -0.39 is 5.97 Å². The summed E-state index contributed by atoms with van der Waals surface area (Å²) in [4.78, 5) is 17.5. The molecule has 5 heteroatoms. The zero-order valence-electron chi connectivity index (χ0n) is 11.1. The van der Waals surface area contributed by atoms with E-state index in [2.05, 4.69) is 9.88 Å². The number of anilines is 1. The number of carbonyl (C=O) groups is 1. The minimum absolute atomic E-state index is 0.0360. The van der Waals surface area contributed by atoms with Crippen LogP contribution in [0, 0.1) is 5.41 Å². The van der Waals surface area contributed by atoms with E-state index in [0.29, 0.717) is 11.1 Å². The van der Waals surface area contributed by atoms with Gasteiger partial charge in [-0.05, 0) is 31.1 Å². The standard InChI is InChI=1S/C14H20N2O2S/c17-12(18)9-11-10-19-13(15-11)16-7-5-14(6-8-16)3-1-2-4-14/h10H,1-9H2,(H,17,18). The molecule has 0 atom stereocenters. The molecule has 1 saturated carbocycles. The molecular formula is C14H20N2O2S. The van der Waals surface area contributed by atoms with E-state index in [-0.39, 0.29) is 6.42 Å². The van der Waals surface area contributed by atoms with Crippen LogP contribution in [0.25, 0.3) is 0 Å². The Hall–Kier alpha value is -1.10. The van der Waals surface area contributed by atoms with E-state index in [1.807, 2.05) is 5.38 Å². The molecule has 0 radical (unpaired) electrons. The molecule has 1 aliphatic carbocycles. The highest BCUT2D eigenvalue weighted by Crippen LogP contribution is 2.46. The van der Waals surface area contributed by atoms with Gasteiger partial charge < -0.3 is 10.0 Å². The predicted octanol–water partition coefficient (Wildman–Crippen LogP) is 2.93. The molecule has 4 nitrogen and oxygen atoms in total. The maximum Gasteiger partial charge on any atom is 0.309 e. The fourth-order valence-corrected chi connectivity index (χ4v) is 4.35. The van der Waals surface area contributed by atoms with Crippen molar-refractivity contribution < 1.29 is 9.90 Å². The molecule has 2 heterocycles. The lowest BCUT2D eigenvalue weighted by atomic mass is 9.77. The smallest absolute Gasteiger partial charge is 0.309 e. The van der Waals surface area contributed by atoms with Gasteiger partial charge in [0, 0.05) is 18.5 Å². The molecule has 2 aliphatic rings. The number of hydrogen-bond acceptors (Lipinski definition) is 4. The van der Waals surface area contributed by atoms with Crippen molar-refractivity contribution in [1.82, 2.24) is 4.98 Å². The first-order valence-corrected chi connectivity index (χ1v) is 7.96. The second-order valence-corrected chi connectivity index (χ2v) is 6.72. The minimum atomic E-state index is -0.805. The van der Waals surface area contributed by atoms with Gasteiger partial charge in [0.15, 0.2) is 5.13 Å². The van der Waals surface area contributed by atoms with Gasteiger partial charge in [-0.25, -0.2) is 4.98 Å². The second-order valence-electron chi connectivity index (χ2n) is 5.89. The third-order valence-corrected chi connectivity index (χ3v) is 5.58. The molecule has 0 aromatic carbocycles. The van der Waals surface area contributed by atoms with Crippen LogP contribution in [0.15, 0.2) is 5.38 Å². The van der Waals surface area contributed by atoms with Crippen molar-refractivity contribution in [3.8, 4) is 0 Å². The highest BCUT2D eigenvalue weighted by atomic mass is 32.1. The Labute approximate surface area is 117 Å². The summed E-state index contributed by atoms with van der Waals surface area (Å²) in [5, 5.41) is 11.7. The van der Waals surface area contributed by atoms with Gasteiger partial charge in [-0.15, -0.1) is 11.3 Å². The Kier molecular flexibility index (Phi) is 3.48. The minimum Gasteiger partial charge on any atom is -0.481 e. The van der Waals surface area contributed by atoms with Crippen molar-refractivity contribution >= 4 is 22.4 Å². The van der Waals surface area contributed by atoms with E-state index in [4.69, 9.17) is 5.11 Å². The normalized spacial score (nSPS) is 22.0. The van der Waals surface area contributed by atoms with Crippen molar-refractivity contribution in [2.45, 2.75) is 44.9 Å². The number of aromatic nitrogens is 1. The Bertz CT molecular complexity index is 456. The first-order chi connectivity index (χ1) is 9.17.